The van der Waals surface area contributed by atoms with Gasteiger partial charge in [0.1, 0.15) is 5.75 Å². The summed E-state index contributed by atoms with van der Waals surface area (Å²) >= 11 is 0. The highest BCUT2D eigenvalue weighted by molar-refractivity contribution is 6.09. The summed E-state index contributed by atoms with van der Waals surface area (Å²) in [5, 5.41) is 10.5. The largest absolute Gasteiger partial charge is 0.503 e. The van der Waals surface area contributed by atoms with Gasteiger partial charge in [-0.2, -0.15) is 0 Å². The van der Waals surface area contributed by atoms with Crippen LogP contribution in [0.2, 0.25) is 0 Å². The maximum atomic E-state index is 12.8. The third-order valence-corrected chi connectivity index (χ3v) is 4.49. The molecule has 28 heavy (non-hydrogen) atoms. The molecule has 2 rings (SSSR count). The summed E-state index contributed by atoms with van der Waals surface area (Å²) in [4.78, 5) is 27.1. The molecule has 1 amide bonds. The monoisotopic (exact) mass is 389 g/mol. The zero-order valence-electron chi connectivity index (χ0n) is 17.4. The number of rotatable bonds is 10. The summed E-state index contributed by atoms with van der Waals surface area (Å²) in [5.74, 6) is -0.338. The lowest BCUT2D eigenvalue weighted by atomic mass is 9.92. The summed E-state index contributed by atoms with van der Waals surface area (Å²) in [7, 11) is 0. The van der Waals surface area contributed by atoms with Gasteiger partial charge >= 0.3 is 0 Å². The Labute approximate surface area is 167 Å². The Morgan fingerprint density at radius 1 is 1.18 bits per heavy atom. The Morgan fingerprint density at radius 3 is 2.36 bits per heavy atom. The topological polar surface area (TPSA) is 76.1 Å². The van der Waals surface area contributed by atoms with Gasteiger partial charge in [-0.3, -0.25) is 9.59 Å². The minimum Gasteiger partial charge on any atom is -0.503 e. The van der Waals surface area contributed by atoms with Gasteiger partial charge in [-0.1, -0.05) is 26.0 Å². The number of hydrogen-bond acceptors (Lipinski definition) is 5. The van der Waals surface area contributed by atoms with E-state index in [1.165, 1.54) is 4.90 Å². The van der Waals surface area contributed by atoms with E-state index in [1.807, 2.05) is 58.9 Å². The summed E-state index contributed by atoms with van der Waals surface area (Å²) in [6.07, 6.45) is 0.307. The van der Waals surface area contributed by atoms with Crippen molar-refractivity contribution >= 4 is 11.7 Å². The van der Waals surface area contributed by atoms with Crippen LogP contribution >= 0.6 is 0 Å². The summed E-state index contributed by atoms with van der Waals surface area (Å²) in [6.45, 7) is 10.8. The molecule has 0 bridgehead atoms. The minimum absolute atomic E-state index is 0.0326. The molecule has 154 valence electrons. The van der Waals surface area contributed by atoms with Crippen LogP contribution in [0.25, 0.3) is 0 Å². The number of hydrogen-bond donors (Lipinski definition) is 1. The van der Waals surface area contributed by atoms with Crippen LogP contribution < -0.4 is 4.74 Å². The molecule has 1 atom stereocenters. The van der Waals surface area contributed by atoms with E-state index in [4.69, 9.17) is 9.47 Å². The molecule has 1 aliphatic rings. The molecule has 1 aromatic carbocycles. The Hall–Kier alpha value is -2.34. The Balaban J connectivity index is 2.37. The molecule has 0 aromatic heterocycles. The first-order chi connectivity index (χ1) is 13.3. The summed E-state index contributed by atoms with van der Waals surface area (Å²) in [6, 6.07) is 6.67. The average molecular weight is 389 g/mol. The van der Waals surface area contributed by atoms with E-state index in [2.05, 4.69) is 0 Å². The number of aliphatic hydroxyl groups excluding tert-OH is 1. The van der Waals surface area contributed by atoms with Crippen LogP contribution in [0.4, 0.5) is 0 Å². The number of amides is 1. The first-order valence-corrected chi connectivity index (χ1v) is 9.87. The lowest BCUT2D eigenvalue weighted by Gasteiger charge is -2.27. The quantitative estimate of drug-likeness (QED) is 0.658. The third kappa shape index (κ3) is 5.13. The summed E-state index contributed by atoms with van der Waals surface area (Å²) < 4.78 is 11.1. The van der Waals surface area contributed by atoms with Gasteiger partial charge in [-0.05, 0) is 44.4 Å². The fraction of sp³-hybridized carbons (Fsp3) is 0.545. The van der Waals surface area contributed by atoms with Crippen LogP contribution in [-0.2, 0) is 14.3 Å². The highest BCUT2D eigenvalue weighted by Gasteiger charge is 2.43. The molecular weight excluding hydrogens is 358 g/mol. The Morgan fingerprint density at radius 2 is 1.82 bits per heavy atom. The molecule has 1 heterocycles. The smallest absolute Gasteiger partial charge is 0.290 e. The number of ketones is 1. The van der Waals surface area contributed by atoms with E-state index in [1.54, 1.807) is 0 Å². The van der Waals surface area contributed by atoms with E-state index in [-0.39, 0.29) is 36.3 Å². The highest BCUT2D eigenvalue weighted by Crippen LogP contribution is 2.39. The number of Topliss-reactive ketones (excluding diaryl/α,β-unsaturated/α-hetero) is 1. The molecule has 0 spiro atoms. The van der Waals surface area contributed by atoms with Crippen molar-refractivity contribution in [2.24, 2.45) is 5.92 Å². The fourth-order valence-corrected chi connectivity index (χ4v) is 3.30. The molecule has 1 aliphatic heterocycles. The molecule has 1 N–H and O–H groups in total. The van der Waals surface area contributed by atoms with E-state index in [0.717, 1.165) is 5.56 Å². The van der Waals surface area contributed by atoms with Crippen LogP contribution in [0, 0.1) is 5.92 Å². The molecule has 0 fully saturated rings. The molecule has 1 aromatic rings. The zero-order chi connectivity index (χ0) is 20.8. The number of benzene rings is 1. The Kier molecular flexibility index (Phi) is 7.63. The minimum atomic E-state index is -0.620. The molecule has 6 heteroatoms. The van der Waals surface area contributed by atoms with E-state index in [0.29, 0.717) is 19.0 Å². The zero-order valence-corrected chi connectivity index (χ0v) is 17.4. The average Bonchev–Trinajstić information content (AvgIpc) is 2.87. The standard InChI is InChI=1S/C22H31NO5/c1-6-27-17-9-7-16(8-10-17)20-19(18(24)13-14(2)3)21(25)22(26)23(20)11-12-28-15(4)5/h7-10,14-15,20,25H,6,11-13H2,1-5H3. The van der Waals surface area contributed by atoms with Crippen molar-refractivity contribution in [3.63, 3.8) is 0 Å². The molecule has 0 radical (unpaired) electrons. The van der Waals surface area contributed by atoms with Crippen molar-refractivity contribution in [1.82, 2.24) is 4.90 Å². The number of carbonyl (C=O) groups excluding carboxylic acids is 2. The molecule has 0 saturated heterocycles. The lowest BCUT2D eigenvalue weighted by Crippen LogP contribution is -2.34. The third-order valence-electron chi connectivity index (χ3n) is 4.49. The second-order valence-corrected chi connectivity index (χ2v) is 7.61. The van der Waals surface area contributed by atoms with E-state index < -0.39 is 17.7 Å². The van der Waals surface area contributed by atoms with Crippen molar-refractivity contribution < 1.29 is 24.2 Å². The van der Waals surface area contributed by atoms with Gasteiger partial charge in [0.15, 0.2) is 11.5 Å². The fourth-order valence-electron chi connectivity index (χ4n) is 3.30. The van der Waals surface area contributed by atoms with Gasteiger partial charge in [0.2, 0.25) is 0 Å². The van der Waals surface area contributed by atoms with Crippen molar-refractivity contribution in [1.29, 1.82) is 0 Å². The second kappa shape index (κ2) is 9.73. The molecule has 6 nitrogen and oxygen atoms in total. The van der Waals surface area contributed by atoms with E-state index >= 15 is 0 Å². The molecule has 0 saturated carbocycles. The van der Waals surface area contributed by atoms with Crippen LogP contribution in [0.15, 0.2) is 35.6 Å². The molecule has 0 aliphatic carbocycles. The maximum absolute atomic E-state index is 12.8. The second-order valence-electron chi connectivity index (χ2n) is 7.61. The first-order valence-electron chi connectivity index (χ1n) is 9.87. The van der Waals surface area contributed by atoms with Gasteiger partial charge in [-0.15, -0.1) is 0 Å². The van der Waals surface area contributed by atoms with E-state index in [9.17, 15) is 14.7 Å². The highest BCUT2D eigenvalue weighted by atomic mass is 16.5. The Bertz CT molecular complexity index is 721. The lowest BCUT2D eigenvalue weighted by molar-refractivity contribution is -0.130. The van der Waals surface area contributed by atoms with Crippen molar-refractivity contribution in [3.8, 4) is 5.75 Å². The maximum Gasteiger partial charge on any atom is 0.290 e. The first kappa shape index (κ1) is 22.0. The van der Waals surface area contributed by atoms with Crippen LogP contribution in [0.5, 0.6) is 5.75 Å². The number of ether oxygens (including phenoxy) is 2. The SMILES string of the molecule is CCOc1ccc(C2C(C(=O)CC(C)C)=C(O)C(=O)N2CCOC(C)C)cc1. The van der Waals surface area contributed by atoms with Crippen LogP contribution in [-0.4, -0.2) is 47.6 Å². The predicted octanol–water partition coefficient (Wildman–Crippen LogP) is 3.82. The van der Waals surface area contributed by atoms with Crippen molar-refractivity contribution in [2.45, 2.75) is 53.2 Å². The van der Waals surface area contributed by atoms with Gasteiger partial charge in [0, 0.05) is 13.0 Å². The molecule has 1 unspecified atom stereocenters. The van der Waals surface area contributed by atoms with Gasteiger partial charge in [0.05, 0.1) is 30.9 Å². The van der Waals surface area contributed by atoms with Crippen molar-refractivity contribution in [2.75, 3.05) is 19.8 Å². The van der Waals surface area contributed by atoms with Crippen LogP contribution in [0.1, 0.15) is 52.6 Å². The van der Waals surface area contributed by atoms with Crippen molar-refractivity contribution in [3.05, 3.63) is 41.2 Å². The number of aliphatic hydroxyl groups is 1. The van der Waals surface area contributed by atoms with Gasteiger partial charge in [0.25, 0.3) is 5.91 Å². The predicted molar refractivity (Wildman–Crippen MR) is 107 cm³/mol. The number of nitrogens with zero attached hydrogens (tertiary/aromatic N) is 1. The van der Waals surface area contributed by atoms with Gasteiger partial charge in [-0.25, -0.2) is 0 Å². The van der Waals surface area contributed by atoms with Gasteiger partial charge < -0.3 is 19.5 Å². The summed E-state index contributed by atoms with van der Waals surface area (Å²) in [5.41, 5.74) is 0.935. The number of carbonyl (C=O) groups is 2. The normalized spacial score (nSPS) is 17.2. The molecular formula is C22H31NO5. The van der Waals surface area contributed by atoms with Crippen LogP contribution in [0.3, 0.4) is 0 Å².